The van der Waals surface area contributed by atoms with Gasteiger partial charge in [0.1, 0.15) is 5.75 Å². The molecule has 1 fully saturated rings. The number of urea groups is 1. The van der Waals surface area contributed by atoms with E-state index in [0.717, 1.165) is 37.9 Å². The average Bonchev–Trinajstić information content (AvgIpc) is 2.76. The molecule has 1 aromatic rings. The molecule has 0 saturated carbocycles. The highest BCUT2D eigenvalue weighted by molar-refractivity contribution is 5.94. The van der Waals surface area contributed by atoms with Crippen LogP contribution in [0.5, 0.6) is 5.75 Å². The first-order valence-electron chi connectivity index (χ1n) is 7.92. The van der Waals surface area contributed by atoms with E-state index in [4.69, 9.17) is 4.74 Å². The van der Waals surface area contributed by atoms with E-state index in [1.807, 2.05) is 24.3 Å². The fourth-order valence-corrected chi connectivity index (χ4v) is 2.57. The first-order valence-corrected chi connectivity index (χ1v) is 7.92. The predicted octanol–water partition coefficient (Wildman–Crippen LogP) is 2.74. The number of carbonyl (C=O) groups is 2. The number of benzene rings is 1. The monoisotopic (exact) mass is 304 g/mol. The van der Waals surface area contributed by atoms with Crippen molar-refractivity contribution >= 4 is 11.9 Å². The van der Waals surface area contributed by atoms with Gasteiger partial charge in [-0.3, -0.25) is 9.69 Å². The van der Waals surface area contributed by atoms with Gasteiger partial charge in [0.15, 0.2) is 0 Å². The molecule has 1 aliphatic rings. The van der Waals surface area contributed by atoms with Gasteiger partial charge < -0.3 is 10.1 Å². The number of ether oxygens (including phenoxy) is 1. The van der Waals surface area contributed by atoms with E-state index in [1.165, 1.54) is 10.5 Å². The van der Waals surface area contributed by atoms with Crippen LogP contribution in [-0.2, 0) is 11.2 Å². The number of aryl methyl sites for hydroxylation is 1. The molecular formula is C17H24N2O3. The van der Waals surface area contributed by atoms with E-state index >= 15 is 0 Å². The fraction of sp³-hybridized carbons (Fsp3) is 0.529. The number of nitrogens with one attached hydrogen (secondary N) is 1. The van der Waals surface area contributed by atoms with E-state index in [1.54, 1.807) is 7.11 Å². The summed E-state index contributed by atoms with van der Waals surface area (Å²) in [6, 6.07) is 7.67. The van der Waals surface area contributed by atoms with Crippen molar-refractivity contribution in [3.63, 3.8) is 0 Å². The number of methoxy groups -OCH3 is 1. The highest BCUT2D eigenvalue weighted by atomic mass is 16.5. The Hall–Kier alpha value is -2.04. The Labute approximate surface area is 131 Å². The van der Waals surface area contributed by atoms with Crippen LogP contribution in [0, 0.1) is 0 Å². The van der Waals surface area contributed by atoms with Crippen LogP contribution in [-0.4, -0.2) is 37.0 Å². The SMILES string of the molecule is COc1ccc(CCCNC(=O)N2CCCCCC2=O)cc1. The summed E-state index contributed by atoms with van der Waals surface area (Å²) >= 11 is 0. The summed E-state index contributed by atoms with van der Waals surface area (Å²) in [6.45, 7) is 1.12. The number of nitrogens with zero attached hydrogens (tertiary/aromatic N) is 1. The second-order valence-corrected chi connectivity index (χ2v) is 5.54. The summed E-state index contributed by atoms with van der Waals surface area (Å²) in [5.74, 6) is 0.793. The van der Waals surface area contributed by atoms with Gasteiger partial charge in [-0.25, -0.2) is 4.79 Å². The normalized spacial score (nSPS) is 15.3. The zero-order chi connectivity index (χ0) is 15.8. The minimum absolute atomic E-state index is 0.0508. The van der Waals surface area contributed by atoms with E-state index < -0.39 is 0 Å². The minimum atomic E-state index is -0.248. The summed E-state index contributed by atoms with van der Waals surface area (Å²) < 4.78 is 5.12. The van der Waals surface area contributed by atoms with Crippen molar-refractivity contribution in [1.29, 1.82) is 0 Å². The molecule has 0 aliphatic carbocycles. The molecule has 0 aromatic heterocycles. The van der Waals surface area contributed by atoms with Crippen molar-refractivity contribution < 1.29 is 14.3 Å². The maximum Gasteiger partial charge on any atom is 0.324 e. The second kappa shape index (κ2) is 8.41. The maximum absolute atomic E-state index is 12.0. The van der Waals surface area contributed by atoms with E-state index in [0.29, 0.717) is 19.5 Å². The van der Waals surface area contributed by atoms with Crippen LogP contribution >= 0.6 is 0 Å². The molecule has 0 bridgehead atoms. The zero-order valence-electron chi connectivity index (χ0n) is 13.1. The summed E-state index contributed by atoms with van der Waals surface area (Å²) in [5, 5.41) is 2.84. The van der Waals surface area contributed by atoms with Crippen LogP contribution in [0.3, 0.4) is 0 Å². The minimum Gasteiger partial charge on any atom is -0.497 e. The van der Waals surface area contributed by atoms with Crippen molar-refractivity contribution in [3.05, 3.63) is 29.8 Å². The molecule has 0 unspecified atom stereocenters. The van der Waals surface area contributed by atoms with Gasteiger partial charge >= 0.3 is 6.03 Å². The van der Waals surface area contributed by atoms with Gasteiger partial charge in [-0.1, -0.05) is 18.6 Å². The van der Waals surface area contributed by atoms with E-state index in [2.05, 4.69) is 5.32 Å². The first kappa shape index (κ1) is 16.3. The highest BCUT2D eigenvalue weighted by Gasteiger charge is 2.22. The second-order valence-electron chi connectivity index (χ2n) is 5.54. The molecule has 3 amide bonds. The predicted molar refractivity (Wildman–Crippen MR) is 84.9 cm³/mol. The number of imide groups is 1. The average molecular weight is 304 g/mol. The molecule has 1 N–H and O–H groups in total. The number of likely N-dealkylation sites (tertiary alicyclic amines) is 1. The van der Waals surface area contributed by atoms with Crippen molar-refractivity contribution in [1.82, 2.24) is 10.2 Å². The van der Waals surface area contributed by atoms with Crippen molar-refractivity contribution in [3.8, 4) is 5.75 Å². The Morgan fingerprint density at radius 3 is 2.73 bits per heavy atom. The van der Waals surface area contributed by atoms with Gasteiger partial charge in [0.05, 0.1) is 7.11 Å². The Morgan fingerprint density at radius 2 is 2.00 bits per heavy atom. The summed E-state index contributed by atoms with van der Waals surface area (Å²) in [6.07, 6.45) is 5.04. The third-order valence-corrected chi connectivity index (χ3v) is 3.90. The molecular weight excluding hydrogens is 280 g/mol. The lowest BCUT2D eigenvalue weighted by molar-refractivity contribution is -0.127. The molecule has 0 spiro atoms. The van der Waals surface area contributed by atoms with Crippen LogP contribution < -0.4 is 10.1 Å². The van der Waals surface area contributed by atoms with E-state index in [-0.39, 0.29) is 11.9 Å². The molecule has 22 heavy (non-hydrogen) atoms. The molecule has 1 saturated heterocycles. The Balaban J connectivity index is 1.70. The Morgan fingerprint density at radius 1 is 1.23 bits per heavy atom. The van der Waals surface area contributed by atoms with Gasteiger partial charge in [0.2, 0.25) is 5.91 Å². The number of carbonyl (C=O) groups excluding carboxylic acids is 2. The molecule has 5 heteroatoms. The molecule has 1 aromatic carbocycles. The lowest BCUT2D eigenvalue weighted by Gasteiger charge is -2.19. The fourth-order valence-electron chi connectivity index (χ4n) is 2.57. The third kappa shape index (κ3) is 4.76. The molecule has 120 valence electrons. The van der Waals surface area contributed by atoms with Crippen molar-refractivity contribution in [2.24, 2.45) is 0 Å². The lowest BCUT2D eigenvalue weighted by atomic mass is 10.1. The summed E-state index contributed by atoms with van der Waals surface area (Å²) in [4.78, 5) is 25.2. The number of amides is 3. The van der Waals surface area contributed by atoms with Crippen LogP contribution in [0.2, 0.25) is 0 Å². The third-order valence-electron chi connectivity index (χ3n) is 3.90. The number of hydrogen-bond donors (Lipinski definition) is 1. The van der Waals surface area contributed by atoms with Gasteiger partial charge in [0.25, 0.3) is 0 Å². The van der Waals surface area contributed by atoms with Crippen LogP contribution in [0.4, 0.5) is 4.79 Å². The quantitative estimate of drug-likeness (QED) is 0.851. The standard InChI is InChI=1S/C17H24N2O3/c1-22-15-10-8-14(9-11-15)6-5-12-18-17(21)19-13-4-2-3-7-16(19)20/h8-11H,2-7,12-13H2,1H3,(H,18,21). The summed E-state index contributed by atoms with van der Waals surface area (Å²) in [7, 11) is 1.65. The molecule has 5 nitrogen and oxygen atoms in total. The molecule has 1 aliphatic heterocycles. The van der Waals surface area contributed by atoms with E-state index in [9.17, 15) is 9.59 Å². The molecule has 0 radical (unpaired) electrons. The number of rotatable bonds is 5. The van der Waals surface area contributed by atoms with Gasteiger partial charge in [0, 0.05) is 19.5 Å². The van der Waals surface area contributed by atoms with Crippen molar-refractivity contribution in [2.45, 2.75) is 38.5 Å². The maximum atomic E-state index is 12.0. The van der Waals surface area contributed by atoms with Gasteiger partial charge in [-0.05, 0) is 43.4 Å². The lowest BCUT2D eigenvalue weighted by Crippen LogP contribution is -2.43. The molecule has 2 rings (SSSR count). The molecule has 1 heterocycles. The van der Waals surface area contributed by atoms with Crippen LogP contribution in [0.25, 0.3) is 0 Å². The largest absolute Gasteiger partial charge is 0.497 e. The smallest absolute Gasteiger partial charge is 0.324 e. The Bertz CT molecular complexity index is 499. The van der Waals surface area contributed by atoms with Crippen molar-refractivity contribution in [2.75, 3.05) is 20.2 Å². The first-order chi connectivity index (χ1) is 10.7. The van der Waals surface area contributed by atoms with Crippen LogP contribution in [0.1, 0.15) is 37.7 Å². The number of hydrogen-bond acceptors (Lipinski definition) is 3. The van der Waals surface area contributed by atoms with Crippen LogP contribution in [0.15, 0.2) is 24.3 Å². The highest BCUT2D eigenvalue weighted by Crippen LogP contribution is 2.13. The van der Waals surface area contributed by atoms with Gasteiger partial charge in [-0.2, -0.15) is 0 Å². The Kier molecular flexibility index (Phi) is 6.25. The van der Waals surface area contributed by atoms with Gasteiger partial charge in [-0.15, -0.1) is 0 Å². The zero-order valence-corrected chi connectivity index (χ0v) is 13.1. The topological polar surface area (TPSA) is 58.6 Å². The summed E-state index contributed by atoms with van der Waals surface area (Å²) in [5.41, 5.74) is 1.21. The molecule has 0 atom stereocenters.